The topological polar surface area (TPSA) is 111 Å². The molecule has 0 unspecified atom stereocenters. The van der Waals surface area contributed by atoms with Crippen LogP contribution in [0.2, 0.25) is 0 Å². The van der Waals surface area contributed by atoms with Crippen LogP contribution >= 0.6 is 15.9 Å². The van der Waals surface area contributed by atoms with E-state index in [1.54, 1.807) is 0 Å². The van der Waals surface area contributed by atoms with Gasteiger partial charge in [0.2, 0.25) is 21.7 Å². The van der Waals surface area contributed by atoms with Crippen LogP contribution < -0.4 is 4.72 Å². The van der Waals surface area contributed by atoms with Crippen LogP contribution in [0, 0.1) is 0 Å². The molecule has 0 saturated heterocycles. The molecule has 10 heteroatoms. The summed E-state index contributed by atoms with van der Waals surface area (Å²) in [4.78, 5) is 15.7. The zero-order valence-electron chi connectivity index (χ0n) is 14.0. The van der Waals surface area contributed by atoms with E-state index < -0.39 is 16.0 Å². The van der Waals surface area contributed by atoms with Gasteiger partial charge in [0, 0.05) is 10.0 Å². The van der Waals surface area contributed by atoms with Gasteiger partial charge in [0.1, 0.15) is 0 Å². The number of hydrogen-bond donors (Lipinski definition) is 1. The van der Waals surface area contributed by atoms with Gasteiger partial charge in [0.05, 0.1) is 24.1 Å². The standard InChI is InChI=1S/C17H14BrN3O5S/c1-25-17(22)12-5-3-7-14(9-12)27(23,24)19-10-15-20-16(21-26-15)11-4-2-6-13(18)8-11/h2-9,19H,10H2,1H3. The minimum absolute atomic E-state index is 0.0721. The number of aromatic nitrogens is 2. The Labute approximate surface area is 163 Å². The summed E-state index contributed by atoms with van der Waals surface area (Å²) in [7, 11) is -2.66. The number of hydrogen-bond acceptors (Lipinski definition) is 7. The van der Waals surface area contributed by atoms with Crippen LogP contribution in [0.1, 0.15) is 16.2 Å². The fraction of sp³-hybridized carbons (Fsp3) is 0.118. The van der Waals surface area contributed by atoms with Gasteiger partial charge in [-0.15, -0.1) is 0 Å². The molecular weight excluding hydrogens is 438 g/mol. The molecule has 0 amide bonds. The number of carbonyl (C=O) groups is 1. The number of sulfonamides is 1. The monoisotopic (exact) mass is 451 g/mol. The lowest BCUT2D eigenvalue weighted by Gasteiger charge is -2.06. The smallest absolute Gasteiger partial charge is 0.337 e. The first-order chi connectivity index (χ1) is 12.9. The summed E-state index contributed by atoms with van der Waals surface area (Å²) in [6.45, 7) is -0.189. The van der Waals surface area contributed by atoms with E-state index >= 15 is 0 Å². The lowest BCUT2D eigenvalue weighted by molar-refractivity contribution is 0.0600. The second-order valence-electron chi connectivity index (χ2n) is 5.37. The number of ether oxygens (including phenoxy) is 1. The third-order valence-corrected chi connectivity index (χ3v) is 5.42. The average molecular weight is 452 g/mol. The molecule has 1 N–H and O–H groups in total. The molecule has 0 atom stereocenters. The summed E-state index contributed by atoms with van der Waals surface area (Å²) in [5.41, 5.74) is 0.864. The Kier molecular flexibility index (Phi) is 5.68. The van der Waals surface area contributed by atoms with Gasteiger partial charge in [-0.25, -0.2) is 17.9 Å². The molecule has 3 rings (SSSR count). The van der Waals surface area contributed by atoms with Crippen molar-refractivity contribution in [2.75, 3.05) is 7.11 Å². The van der Waals surface area contributed by atoms with Crippen molar-refractivity contribution in [3.63, 3.8) is 0 Å². The quantitative estimate of drug-likeness (QED) is 0.573. The first-order valence-corrected chi connectivity index (χ1v) is 9.93. The summed E-state index contributed by atoms with van der Waals surface area (Å²) < 4.78 is 37.8. The number of carbonyl (C=O) groups excluding carboxylic acids is 1. The molecule has 3 aromatic rings. The largest absolute Gasteiger partial charge is 0.465 e. The van der Waals surface area contributed by atoms with Gasteiger partial charge < -0.3 is 9.26 Å². The van der Waals surface area contributed by atoms with E-state index in [1.165, 1.54) is 31.4 Å². The zero-order valence-corrected chi connectivity index (χ0v) is 16.5. The lowest BCUT2D eigenvalue weighted by atomic mass is 10.2. The summed E-state index contributed by atoms with van der Waals surface area (Å²) >= 11 is 3.36. The number of esters is 1. The molecule has 1 aromatic heterocycles. The zero-order chi connectivity index (χ0) is 19.4. The predicted molar refractivity (Wildman–Crippen MR) is 99.2 cm³/mol. The SMILES string of the molecule is COC(=O)c1cccc(S(=O)(=O)NCc2nc(-c3cccc(Br)c3)no2)c1. The predicted octanol–water partition coefficient (Wildman–Crippen LogP) is 2.76. The molecular formula is C17H14BrN3O5S. The first-order valence-electron chi connectivity index (χ1n) is 7.65. The molecule has 0 bridgehead atoms. The Hall–Kier alpha value is -2.56. The maximum absolute atomic E-state index is 12.4. The third-order valence-electron chi connectivity index (χ3n) is 3.53. The van der Waals surface area contributed by atoms with E-state index in [9.17, 15) is 13.2 Å². The average Bonchev–Trinajstić information content (AvgIpc) is 3.15. The van der Waals surface area contributed by atoms with E-state index in [0.717, 1.165) is 10.0 Å². The van der Waals surface area contributed by atoms with Gasteiger partial charge in [-0.1, -0.05) is 39.3 Å². The molecule has 8 nitrogen and oxygen atoms in total. The highest BCUT2D eigenvalue weighted by Gasteiger charge is 2.18. The fourth-order valence-electron chi connectivity index (χ4n) is 2.22. The molecule has 0 spiro atoms. The normalized spacial score (nSPS) is 11.3. The molecule has 0 aliphatic carbocycles. The van der Waals surface area contributed by atoms with Crippen molar-refractivity contribution < 1.29 is 22.5 Å². The minimum Gasteiger partial charge on any atom is -0.465 e. The van der Waals surface area contributed by atoms with E-state index in [1.807, 2.05) is 24.3 Å². The summed E-state index contributed by atoms with van der Waals surface area (Å²) in [5.74, 6) is -0.168. The van der Waals surface area contributed by atoms with Gasteiger partial charge in [0.15, 0.2) is 0 Å². The number of halogens is 1. The van der Waals surface area contributed by atoms with Crippen molar-refractivity contribution in [3.05, 3.63) is 64.5 Å². The Bertz CT molecular complexity index is 1080. The van der Waals surface area contributed by atoms with Gasteiger partial charge in [-0.3, -0.25) is 0 Å². The van der Waals surface area contributed by atoms with Crippen LogP contribution in [0.5, 0.6) is 0 Å². The van der Waals surface area contributed by atoms with Crippen molar-refractivity contribution in [2.24, 2.45) is 0 Å². The van der Waals surface area contributed by atoms with Crippen molar-refractivity contribution >= 4 is 31.9 Å². The second kappa shape index (κ2) is 7.99. The van der Waals surface area contributed by atoms with E-state index in [4.69, 9.17) is 4.52 Å². The molecule has 27 heavy (non-hydrogen) atoms. The fourth-order valence-corrected chi connectivity index (χ4v) is 3.64. The van der Waals surface area contributed by atoms with Crippen LogP contribution in [0.4, 0.5) is 0 Å². The second-order valence-corrected chi connectivity index (χ2v) is 8.05. The highest BCUT2D eigenvalue weighted by atomic mass is 79.9. The number of methoxy groups -OCH3 is 1. The third kappa shape index (κ3) is 4.59. The van der Waals surface area contributed by atoms with E-state index in [0.29, 0.717) is 5.82 Å². The lowest BCUT2D eigenvalue weighted by Crippen LogP contribution is -2.23. The molecule has 2 aromatic carbocycles. The Morgan fingerprint density at radius 3 is 2.74 bits per heavy atom. The number of nitrogens with zero attached hydrogens (tertiary/aromatic N) is 2. The maximum atomic E-state index is 12.4. The van der Waals surface area contributed by atoms with Crippen LogP contribution in [-0.2, 0) is 21.3 Å². The highest BCUT2D eigenvalue weighted by Crippen LogP contribution is 2.20. The number of benzene rings is 2. The minimum atomic E-state index is -3.88. The number of rotatable bonds is 6. The number of nitrogens with one attached hydrogen (secondary N) is 1. The van der Waals surface area contributed by atoms with E-state index in [2.05, 4.69) is 35.5 Å². The molecule has 0 radical (unpaired) electrons. The van der Waals surface area contributed by atoms with Crippen molar-refractivity contribution in [1.82, 2.24) is 14.9 Å². The van der Waals surface area contributed by atoms with Crippen LogP contribution in [0.25, 0.3) is 11.4 Å². The Balaban J connectivity index is 1.74. The van der Waals surface area contributed by atoms with Crippen molar-refractivity contribution in [3.8, 4) is 11.4 Å². The molecule has 0 aliphatic rings. The van der Waals surface area contributed by atoms with Crippen LogP contribution in [-0.4, -0.2) is 31.6 Å². The van der Waals surface area contributed by atoms with Crippen LogP contribution in [0.15, 0.2) is 62.4 Å². The summed E-state index contributed by atoms with van der Waals surface area (Å²) in [6.07, 6.45) is 0. The highest BCUT2D eigenvalue weighted by molar-refractivity contribution is 9.10. The van der Waals surface area contributed by atoms with Crippen LogP contribution in [0.3, 0.4) is 0 Å². The van der Waals surface area contributed by atoms with Crippen molar-refractivity contribution in [1.29, 1.82) is 0 Å². The van der Waals surface area contributed by atoms with Crippen molar-refractivity contribution in [2.45, 2.75) is 11.4 Å². The summed E-state index contributed by atoms with van der Waals surface area (Å²) in [6, 6.07) is 12.8. The molecule has 140 valence electrons. The van der Waals surface area contributed by atoms with Gasteiger partial charge >= 0.3 is 5.97 Å². The Morgan fingerprint density at radius 2 is 2.00 bits per heavy atom. The molecule has 0 fully saturated rings. The van der Waals surface area contributed by atoms with Gasteiger partial charge in [0.25, 0.3) is 0 Å². The molecule has 0 saturated carbocycles. The molecule has 0 aliphatic heterocycles. The first kappa shape index (κ1) is 19.2. The summed E-state index contributed by atoms with van der Waals surface area (Å²) in [5, 5.41) is 3.85. The van der Waals surface area contributed by atoms with E-state index in [-0.39, 0.29) is 22.9 Å². The van der Waals surface area contributed by atoms with Gasteiger partial charge in [-0.05, 0) is 30.3 Å². The Morgan fingerprint density at radius 1 is 1.22 bits per heavy atom. The maximum Gasteiger partial charge on any atom is 0.337 e. The van der Waals surface area contributed by atoms with Gasteiger partial charge in [-0.2, -0.15) is 4.98 Å². The molecule has 1 heterocycles.